The highest BCUT2D eigenvalue weighted by Gasteiger charge is 2.05. The third kappa shape index (κ3) is 4.74. The Bertz CT molecular complexity index is 336. The first-order valence-corrected chi connectivity index (χ1v) is 6.17. The number of nitrogens with one attached hydrogen (secondary N) is 1. The standard InChI is InChI=1S/C11H17NO3S/c1-8(13)3-2-4-12-6-10-5-9(7-16-10)11(14)15/h5,7-8,12-13H,2-4,6H2,1H3,(H,14,15). The van der Waals surface area contributed by atoms with E-state index in [2.05, 4.69) is 5.32 Å². The van der Waals surface area contributed by atoms with Crippen LogP contribution in [0.5, 0.6) is 0 Å². The minimum absolute atomic E-state index is 0.248. The van der Waals surface area contributed by atoms with Crippen LogP contribution in [0.15, 0.2) is 11.4 Å². The van der Waals surface area contributed by atoms with Crippen LogP contribution in [0, 0.1) is 0 Å². The number of aliphatic hydroxyl groups excluding tert-OH is 1. The van der Waals surface area contributed by atoms with Gasteiger partial charge in [-0.2, -0.15) is 0 Å². The van der Waals surface area contributed by atoms with Crippen LogP contribution in [-0.2, 0) is 6.54 Å². The lowest BCUT2D eigenvalue weighted by Gasteiger charge is -2.04. The number of carboxylic acids is 1. The molecule has 0 bridgehead atoms. The quantitative estimate of drug-likeness (QED) is 0.637. The Morgan fingerprint density at radius 3 is 2.94 bits per heavy atom. The van der Waals surface area contributed by atoms with Gasteiger partial charge in [0.15, 0.2) is 0 Å². The van der Waals surface area contributed by atoms with Crippen LogP contribution < -0.4 is 5.32 Å². The molecule has 1 unspecified atom stereocenters. The smallest absolute Gasteiger partial charge is 0.336 e. The maximum Gasteiger partial charge on any atom is 0.336 e. The third-order valence-electron chi connectivity index (χ3n) is 2.18. The lowest BCUT2D eigenvalue weighted by molar-refractivity contribution is 0.0697. The maximum absolute atomic E-state index is 10.6. The van der Waals surface area contributed by atoms with E-state index in [1.807, 2.05) is 0 Å². The van der Waals surface area contributed by atoms with Gasteiger partial charge in [0.1, 0.15) is 0 Å². The van der Waals surface area contributed by atoms with Crippen LogP contribution in [0.25, 0.3) is 0 Å². The minimum atomic E-state index is -0.878. The summed E-state index contributed by atoms with van der Waals surface area (Å²) in [6, 6.07) is 1.69. The average Bonchev–Trinajstić information content (AvgIpc) is 2.65. The molecule has 0 saturated carbocycles. The number of hydrogen-bond acceptors (Lipinski definition) is 4. The van der Waals surface area contributed by atoms with E-state index in [9.17, 15) is 4.79 Å². The summed E-state index contributed by atoms with van der Waals surface area (Å²) in [5.74, 6) is -0.878. The molecular formula is C11H17NO3S. The van der Waals surface area contributed by atoms with E-state index in [1.165, 1.54) is 11.3 Å². The summed E-state index contributed by atoms with van der Waals surface area (Å²) >= 11 is 1.45. The van der Waals surface area contributed by atoms with Crippen molar-refractivity contribution in [1.82, 2.24) is 5.32 Å². The van der Waals surface area contributed by atoms with Crippen molar-refractivity contribution in [3.05, 3.63) is 21.9 Å². The van der Waals surface area contributed by atoms with Crippen molar-refractivity contribution in [2.24, 2.45) is 0 Å². The first-order chi connectivity index (χ1) is 7.59. The highest BCUT2D eigenvalue weighted by molar-refractivity contribution is 7.10. The molecule has 0 saturated heterocycles. The van der Waals surface area contributed by atoms with Crippen molar-refractivity contribution in [2.45, 2.75) is 32.4 Å². The van der Waals surface area contributed by atoms with Gasteiger partial charge in [0, 0.05) is 16.8 Å². The van der Waals surface area contributed by atoms with Crippen LogP contribution >= 0.6 is 11.3 Å². The Morgan fingerprint density at radius 2 is 2.38 bits per heavy atom. The molecule has 90 valence electrons. The lowest BCUT2D eigenvalue weighted by atomic mass is 10.2. The van der Waals surface area contributed by atoms with Gasteiger partial charge in [-0.1, -0.05) is 0 Å². The van der Waals surface area contributed by atoms with E-state index in [4.69, 9.17) is 10.2 Å². The molecule has 3 N–H and O–H groups in total. The number of carboxylic acid groups (broad SMARTS) is 1. The maximum atomic E-state index is 10.6. The zero-order chi connectivity index (χ0) is 12.0. The molecule has 0 spiro atoms. The van der Waals surface area contributed by atoms with Gasteiger partial charge in [-0.25, -0.2) is 4.79 Å². The number of hydrogen-bond donors (Lipinski definition) is 3. The molecule has 1 rings (SSSR count). The highest BCUT2D eigenvalue weighted by atomic mass is 32.1. The average molecular weight is 243 g/mol. The number of thiophene rings is 1. The fraction of sp³-hybridized carbons (Fsp3) is 0.545. The van der Waals surface area contributed by atoms with Crippen LogP contribution in [0.3, 0.4) is 0 Å². The lowest BCUT2D eigenvalue weighted by Crippen LogP contribution is -2.15. The van der Waals surface area contributed by atoms with E-state index >= 15 is 0 Å². The van der Waals surface area contributed by atoms with Gasteiger partial charge in [-0.3, -0.25) is 0 Å². The minimum Gasteiger partial charge on any atom is -0.478 e. The normalized spacial score (nSPS) is 12.6. The fourth-order valence-corrected chi connectivity index (χ4v) is 2.15. The van der Waals surface area contributed by atoms with E-state index in [0.29, 0.717) is 12.1 Å². The largest absolute Gasteiger partial charge is 0.478 e. The van der Waals surface area contributed by atoms with Crippen LogP contribution in [0.2, 0.25) is 0 Å². The van der Waals surface area contributed by atoms with Crippen molar-refractivity contribution >= 4 is 17.3 Å². The summed E-state index contributed by atoms with van der Waals surface area (Å²) in [6.07, 6.45) is 1.47. The second kappa shape index (κ2) is 6.62. The molecule has 0 aliphatic heterocycles. The number of rotatable bonds is 7. The third-order valence-corrected chi connectivity index (χ3v) is 3.11. The highest BCUT2D eigenvalue weighted by Crippen LogP contribution is 2.14. The number of aromatic carboxylic acids is 1. The molecule has 0 fully saturated rings. The summed E-state index contributed by atoms with van der Waals surface area (Å²) in [5.41, 5.74) is 0.353. The topological polar surface area (TPSA) is 69.6 Å². The molecular weight excluding hydrogens is 226 g/mol. The molecule has 4 nitrogen and oxygen atoms in total. The number of carbonyl (C=O) groups is 1. The van der Waals surface area contributed by atoms with Crippen LogP contribution in [-0.4, -0.2) is 28.8 Å². The zero-order valence-corrected chi connectivity index (χ0v) is 10.1. The summed E-state index contributed by atoms with van der Waals surface area (Å²) in [4.78, 5) is 11.6. The molecule has 1 heterocycles. The summed E-state index contributed by atoms with van der Waals surface area (Å²) in [6.45, 7) is 3.31. The van der Waals surface area contributed by atoms with Gasteiger partial charge in [0.05, 0.1) is 11.7 Å². The zero-order valence-electron chi connectivity index (χ0n) is 9.27. The Balaban J connectivity index is 2.19. The second-order valence-corrected chi connectivity index (χ2v) is 4.77. The van der Waals surface area contributed by atoms with Crippen molar-refractivity contribution in [1.29, 1.82) is 0 Å². The Morgan fingerprint density at radius 1 is 1.62 bits per heavy atom. The monoisotopic (exact) mass is 243 g/mol. The molecule has 5 heteroatoms. The van der Waals surface area contributed by atoms with Crippen molar-refractivity contribution < 1.29 is 15.0 Å². The fourth-order valence-electron chi connectivity index (χ4n) is 1.32. The van der Waals surface area contributed by atoms with E-state index in [1.54, 1.807) is 18.4 Å². The van der Waals surface area contributed by atoms with Gasteiger partial charge < -0.3 is 15.5 Å². The van der Waals surface area contributed by atoms with E-state index in [0.717, 1.165) is 24.3 Å². The summed E-state index contributed by atoms with van der Waals surface area (Å²) in [5, 5.41) is 22.6. The molecule has 16 heavy (non-hydrogen) atoms. The molecule has 0 amide bonds. The van der Waals surface area contributed by atoms with Gasteiger partial charge in [0.25, 0.3) is 0 Å². The van der Waals surface area contributed by atoms with Gasteiger partial charge in [-0.15, -0.1) is 11.3 Å². The van der Waals surface area contributed by atoms with Crippen molar-refractivity contribution in [3.63, 3.8) is 0 Å². The van der Waals surface area contributed by atoms with Crippen LogP contribution in [0.1, 0.15) is 35.0 Å². The van der Waals surface area contributed by atoms with Crippen LogP contribution in [0.4, 0.5) is 0 Å². The second-order valence-electron chi connectivity index (χ2n) is 3.77. The molecule has 0 radical (unpaired) electrons. The van der Waals surface area contributed by atoms with Gasteiger partial charge in [-0.05, 0) is 32.4 Å². The molecule has 0 aromatic carbocycles. The first kappa shape index (κ1) is 13.2. The first-order valence-electron chi connectivity index (χ1n) is 5.29. The van der Waals surface area contributed by atoms with Crippen molar-refractivity contribution in [3.8, 4) is 0 Å². The van der Waals surface area contributed by atoms with E-state index < -0.39 is 5.97 Å². The predicted molar refractivity (Wildman–Crippen MR) is 63.9 cm³/mol. The molecule has 0 aliphatic carbocycles. The molecule has 1 aromatic rings. The Hall–Kier alpha value is -0.910. The molecule has 1 aromatic heterocycles. The molecule has 1 atom stereocenters. The van der Waals surface area contributed by atoms with Gasteiger partial charge in [0.2, 0.25) is 0 Å². The SMILES string of the molecule is CC(O)CCCNCc1cc(C(=O)O)cs1. The van der Waals surface area contributed by atoms with E-state index in [-0.39, 0.29) is 6.10 Å². The molecule has 0 aliphatic rings. The number of aliphatic hydroxyl groups is 1. The predicted octanol–water partition coefficient (Wildman–Crippen LogP) is 1.70. The Labute approximate surface area is 98.9 Å². The summed E-state index contributed by atoms with van der Waals surface area (Å²) < 4.78 is 0. The Kier molecular flexibility index (Phi) is 5.45. The summed E-state index contributed by atoms with van der Waals surface area (Å²) in [7, 11) is 0. The van der Waals surface area contributed by atoms with Crippen molar-refractivity contribution in [2.75, 3.05) is 6.54 Å². The van der Waals surface area contributed by atoms with Gasteiger partial charge >= 0.3 is 5.97 Å².